The van der Waals surface area contributed by atoms with Gasteiger partial charge in [-0.2, -0.15) is 0 Å². The summed E-state index contributed by atoms with van der Waals surface area (Å²) in [5.74, 6) is -0.271. The molecule has 27 heavy (non-hydrogen) atoms. The van der Waals surface area contributed by atoms with Crippen molar-refractivity contribution in [3.05, 3.63) is 44.1 Å². The number of amides is 1. The predicted octanol–water partition coefficient (Wildman–Crippen LogP) is -1.13. The first-order valence-corrected chi connectivity index (χ1v) is 9.50. The average Bonchev–Trinajstić information content (AvgIpc) is 2.66. The summed E-state index contributed by atoms with van der Waals surface area (Å²) in [6.07, 6.45) is 0. The Hall–Kier alpha value is -2.16. The molecule has 1 amide bonds. The van der Waals surface area contributed by atoms with Gasteiger partial charge in [-0.15, -0.1) is 0 Å². The second-order valence-corrected chi connectivity index (χ2v) is 6.98. The van der Waals surface area contributed by atoms with Gasteiger partial charge in [0.05, 0.1) is 37.2 Å². The highest BCUT2D eigenvalue weighted by Crippen LogP contribution is 2.15. The summed E-state index contributed by atoms with van der Waals surface area (Å²) in [7, 11) is 0. The minimum atomic E-state index is -0.508. The first-order chi connectivity index (χ1) is 13.0. The van der Waals surface area contributed by atoms with Crippen molar-refractivity contribution >= 4 is 28.4 Å². The van der Waals surface area contributed by atoms with Gasteiger partial charge in [0.2, 0.25) is 5.91 Å². The van der Waals surface area contributed by atoms with Crippen molar-refractivity contribution in [2.24, 2.45) is 0 Å². The Labute approximate surface area is 161 Å². The molecule has 0 aliphatic carbocycles. The number of aromatic nitrogens is 2. The zero-order valence-corrected chi connectivity index (χ0v) is 16.1. The summed E-state index contributed by atoms with van der Waals surface area (Å²) in [6.45, 7) is 6.47. The fourth-order valence-electron chi connectivity index (χ4n) is 3.31. The van der Waals surface area contributed by atoms with Gasteiger partial charge in [-0.3, -0.25) is 18.7 Å². The molecule has 1 aromatic carbocycles. The van der Waals surface area contributed by atoms with Gasteiger partial charge >= 0.3 is 5.69 Å². The number of halogens is 1. The van der Waals surface area contributed by atoms with Crippen molar-refractivity contribution in [2.75, 3.05) is 39.4 Å². The van der Waals surface area contributed by atoms with Crippen LogP contribution < -0.4 is 21.5 Å². The van der Waals surface area contributed by atoms with Crippen molar-refractivity contribution in [3.8, 4) is 0 Å². The van der Waals surface area contributed by atoms with E-state index in [1.54, 1.807) is 25.1 Å². The quantitative estimate of drug-likeness (QED) is 0.648. The van der Waals surface area contributed by atoms with Gasteiger partial charge in [-0.05, 0) is 25.1 Å². The number of fused-ring (bicyclic) bond motifs is 1. The molecule has 1 aromatic heterocycles. The first kappa shape index (κ1) is 19.6. The van der Waals surface area contributed by atoms with Crippen LogP contribution in [0.15, 0.2) is 27.8 Å². The number of hydrogen-bond acceptors (Lipinski definition) is 4. The number of carbonyl (C=O) groups excluding carboxylic acids is 1. The molecular weight excluding hydrogens is 372 g/mol. The zero-order chi connectivity index (χ0) is 19.4. The normalized spacial score (nSPS) is 15.2. The minimum absolute atomic E-state index is 0.158. The van der Waals surface area contributed by atoms with Crippen LogP contribution in [0, 0.1) is 0 Å². The minimum Gasteiger partial charge on any atom is -0.370 e. The maximum atomic E-state index is 12.7. The van der Waals surface area contributed by atoms with Gasteiger partial charge in [0.15, 0.2) is 0 Å². The predicted molar refractivity (Wildman–Crippen MR) is 103 cm³/mol. The average molecular weight is 396 g/mol. The number of rotatable bonds is 6. The highest BCUT2D eigenvalue weighted by atomic mass is 35.5. The molecule has 146 valence electrons. The Bertz CT molecular complexity index is 947. The van der Waals surface area contributed by atoms with Crippen LogP contribution in [0.1, 0.15) is 6.92 Å². The van der Waals surface area contributed by atoms with Gasteiger partial charge in [-0.1, -0.05) is 11.6 Å². The van der Waals surface area contributed by atoms with E-state index >= 15 is 0 Å². The molecule has 1 fully saturated rings. The van der Waals surface area contributed by atoms with E-state index in [0.717, 1.165) is 37.4 Å². The van der Waals surface area contributed by atoms with Crippen LogP contribution in [0.5, 0.6) is 0 Å². The molecule has 0 unspecified atom stereocenters. The van der Waals surface area contributed by atoms with E-state index in [1.165, 1.54) is 9.47 Å². The molecule has 2 aromatic rings. The van der Waals surface area contributed by atoms with Crippen LogP contribution >= 0.6 is 11.6 Å². The lowest BCUT2D eigenvalue weighted by molar-refractivity contribution is -0.906. The number of hydrogen-bond donors (Lipinski definition) is 2. The highest BCUT2D eigenvalue weighted by Gasteiger charge is 2.16. The Morgan fingerprint density at radius 2 is 2.00 bits per heavy atom. The van der Waals surface area contributed by atoms with Crippen LogP contribution in [0.25, 0.3) is 10.9 Å². The van der Waals surface area contributed by atoms with Gasteiger partial charge < -0.3 is 15.0 Å². The van der Waals surface area contributed by atoms with E-state index in [2.05, 4.69) is 5.32 Å². The Kier molecular flexibility index (Phi) is 6.30. The third-order valence-electron chi connectivity index (χ3n) is 4.81. The lowest BCUT2D eigenvalue weighted by atomic mass is 10.2. The molecule has 1 aliphatic rings. The topological polar surface area (TPSA) is 86.8 Å². The fourth-order valence-corrected chi connectivity index (χ4v) is 3.48. The molecular formula is C18H24ClN4O4+. The van der Waals surface area contributed by atoms with E-state index in [1.807, 2.05) is 0 Å². The standard InChI is InChI=1S/C18H23ClN4O4/c1-2-22-17(25)14-4-3-13(19)11-15(14)23(18(22)26)12-16(24)20-5-6-21-7-9-27-10-8-21/h3-4,11H,2,5-10,12H2,1H3,(H,20,24)/p+1. The number of nitrogens with zero attached hydrogens (tertiary/aromatic N) is 2. The number of ether oxygens (including phenoxy) is 1. The smallest absolute Gasteiger partial charge is 0.331 e. The van der Waals surface area contributed by atoms with E-state index in [4.69, 9.17) is 16.3 Å². The Morgan fingerprint density at radius 3 is 2.70 bits per heavy atom. The van der Waals surface area contributed by atoms with Crippen LogP contribution in [0.3, 0.4) is 0 Å². The molecule has 9 heteroatoms. The maximum Gasteiger partial charge on any atom is 0.331 e. The molecule has 2 N–H and O–H groups in total. The molecule has 1 saturated heterocycles. The number of carbonyl (C=O) groups is 1. The Morgan fingerprint density at radius 1 is 1.26 bits per heavy atom. The molecule has 0 radical (unpaired) electrons. The van der Waals surface area contributed by atoms with E-state index in [-0.39, 0.29) is 24.6 Å². The molecule has 2 heterocycles. The third-order valence-corrected chi connectivity index (χ3v) is 5.04. The maximum absolute atomic E-state index is 12.7. The van der Waals surface area contributed by atoms with Gasteiger partial charge in [0.25, 0.3) is 5.56 Å². The first-order valence-electron chi connectivity index (χ1n) is 9.12. The van der Waals surface area contributed by atoms with E-state index in [0.29, 0.717) is 22.5 Å². The molecule has 3 rings (SSSR count). The van der Waals surface area contributed by atoms with Gasteiger partial charge in [-0.25, -0.2) is 4.79 Å². The van der Waals surface area contributed by atoms with Crippen LogP contribution in [-0.2, 0) is 22.6 Å². The Balaban J connectivity index is 1.79. The highest BCUT2D eigenvalue weighted by molar-refractivity contribution is 6.31. The third kappa shape index (κ3) is 4.40. The summed E-state index contributed by atoms with van der Waals surface area (Å²) in [6, 6.07) is 4.73. The second-order valence-electron chi connectivity index (χ2n) is 6.54. The van der Waals surface area contributed by atoms with Crippen LogP contribution in [-0.4, -0.2) is 54.4 Å². The van der Waals surface area contributed by atoms with Crippen molar-refractivity contribution in [2.45, 2.75) is 20.0 Å². The molecule has 0 spiro atoms. The largest absolute Gasteiger partial charge is 0.370 e. The van der Waals surface area contributed by atoms with Crippen molar-refractivity contribution < 1.29 is 14.4 Å². The SMILES string of the molecule is CCn1c(=O)c2ccc(Cl)cc2n(CC(=O)NCC[NH+]2CCOCC2)c1=O. The van der Waals surface area contributed by atoms with Crippen LogP contribution in [0.2, 0.25) is 5.02 Å². The van der Waals surface area contributed by atoms with Crippen molar-refractivity contribution in [1.29, 1.82) is 0 Å². The summed E-state index contributed by atoms with van der Waals surface area (Å²) in [4.78, 5) is 38.9. The van der Waals surface area contributed by atoms with Gasteiger partial charge in [0, 0.05) is 11.6 Å². The fraction of sp³-hybridized carbons (Fsp3) is 0.500. The summed E-state index contributed by atoms with van der Waals surface area (Å²) < 4.78 is 7.75. The lowest BCUT2D eigenvalue weighted by Gasteiger charge is -2.23. The monoisotopic (exact) mass is 395 g/mol. The second kappa shape index (κ2) is 8.69. The number of quaternary nitrogens is 1. The summed E-state index contributed by atoms with van der Waals surface area (Å²) in [5.41, 5.74) is -0.510. The summed E-state index contributed by atoms with van der Waals surface area (Å²) >= 11 is 6.04. The molecule has 0 atom stereocenters. The zero-order valence-electron chi connectivity index (χ0n) is 15.3. The number of morpholine rings is 1. The number of benzene rings is 1. The van der Waals surface area contributed by atoms with Crippen LogP contribution in [0.4, 0.5) is 0 Å². The molecule has 8 nitrogen and oxygen atoms in total. The van der Waals surface area contributed by atoms with E-state index in [9.17, 15) is 14.4 Å². The lowest BCUT2D eigenvalue weighted by Crippen LogP contribution is -3.14. The van der Waals surface area contributed by atoms with Gasteiger partial charge in [0.1, 0.15) is 19.6 Å². The van der Waals surface area contributed by atoms with E-state index < -0.39 is 5.69 Å². The molecule has 1 aliphatic heterocycles. The number of nitrogens with one attached hydrogen (secondary N) is 2. The van der Waals surface area contributed by atoms with Crippen molar-refractivity contribution in [1.82, 2.24) is 14.5 Å². The molecule has 0 bridgehead atoms. The van der Waals surface area contributed by atoms with Crippen molar-refractivity contribution in [3.63, 3.8) is 0 Å². The summed E-state index contributed by atoms with van der Waals surface area (Å²) in [5, 5.41) is 3.63. The molecule has 0 saturated carbocycles.